The highest BCUT2D eigenvalue weighted by Gasteiger charge is 2.10. The average Bonchev–Trinajstić information content (AvgIpc) is 2.71. The van der Waals surface area contributed by atoms with Crippen molar-refractivity contribution < 1.29 is 4.79 Å². The fourth-order valence-electron chi connectivity index (χ4n) is 0.958. The van der Waals surface area contributed by atoms with Crippen LogP contribution in [0.5, 0.6) is 0 Å². The van der Waals surface area contributed by atoms with E-state index in [1.165, 1.54) is 11.5 Å². The summed E-state index contributed by atoms with van der Waals surface area (Å²) in [5, 5.41) is 1.77. The third-order valence-corrected chi connectivity index (χ3v) is 2.13. The van der Waals surface area contributed by atoms with Gasteiger partial charge in [-0.2, -0.15) is 4.37 Å². The Hall–Kier alpha value is -1.55. The van der Waals surface area contributed by atoms with E-state index in [1.807, 2.05) is 0 Å². The Morgan fingerprint density at radius 3 is 2.77 bits per heavy atom. The number of carbonyl (C=O) groups is 1. The highest BCUT2D eigenvalue weighted by molar-refractivity contribution is 7.03. The lowest BCUT2D eigenvalue weighted by Crippen LogP contribution is -2.03. The predicted octanol–water partition coefficient (Wildman–Crippen LogP) is 1.77. The second-order valence-electron chi connectivity index (χ2n) is 2.43. The molecule has 0 aliphatic heterocycles. The molecule has 0 aliphatic carbocycles. The van der Waals surface area contributed by atoms with Crippen LogP contribution >= 0.6 is 11.5 Å². The van der Waals surface area contributed by atoms with Crippen LogP contribution in [-0.2, 0) is 0 Å². The van der Waals surface area contributed by atoms with Gasteiger partial charge in [-0.05, 0) is 29.7 Å². The van der Waals surface area contributed by atoms with Crippen LogP contribution in [0.4, 0.5) is 0 Å². The van der Waals surface area contributed by atoms with E-state index in [-0.39, 0.29) is 5.78 Å². The molecule has 0 aliphatic rings. The van der Waals surface area contributed by atoms with Gasteiger partial charge in [-0.15, -0.1) is 0 Å². The number of hydrogen-bond donors (Lipinski definition) is 0. The summed E-state index contributed by atoms with van der Waals surface area (Å²) >= 11 is 1.26. The lowest BCUT2D eigenvalue weighted by atomic mass is 10.2. The van der Waals surface area contributed by atoms with E-state index in [4.69, 9.17) is 0 Å². The maximum atomic E-state index is 11.6. The molecule has 0 saturated heterocycles. The van der Waals surface area contributed by atoms with Crippen molar-refractivity contribution in [3.8, 4) is 0 Å². The molecule has 0 unspecified atom stereocenters. The normalized spacial score (nSPS) is 9.85. The summed E-state index contributed by atoms with van der Waals surface area (Å²) in [6.45, 7) is 0. The first-order valence-electron chi connectivity index (χ1n) is 3.74. The number of aromatic nitrogens is 2. The Morgan fingerprint density at radius 2 is 2.15 bits per heavy atom. The number of pyridine rings is 1. The zero-order valence-electron chi connectivity index (χ0n) is 6.68. The molecule has 0 fully saturated rings. The Balaban J connectivity index is 2.34. The van der Waals surface area contributed by atoms with Crippen molar-refractivity contribution >= 4 is 17.3 Å². The van der Waals surface area contributed by atoms with Crippen molar-refractivity contribution in [2.45, 2.75) is 0 Å². The number of carbonyl (C=O) groups excluding carboxylic acids is 1. The number of hydrogen-bond acceptors (Lipinski definition) is 4. The monoisotopic (exact) mass is 190 g/mol. The van der Waals surface area contributed by atoms with Gasteiger partial charge in [-0.25, -0.2) is 0 Å². The van der Waals surface area contributed by atoms with Crippen molar-refractivity contribution in [3.05, 3.63) is 47.2 Å². The van der Waals surface area contributed by atoms with Crippen LogP contribution in [0.2, 0.25) is 0 Å². The van der Waals surface area contributed by atoms with Crippen molar-refractivity contribution in [3.63, 3.8) is 0 Å². The fourth-order valence-corrected chi connectivity index (χ4v) is 1.47. The summed E-state index contributed by atoms with van der Waals surface area (Å²) in [4.78, 5) is 15.5. The highest BCUT2D eigenvalue weighted by atomic mass is 32.1. The minimum Gasteiger partial charge on any atom is -0.285 e. The van der Waals surface area contributed by atoms with E-state index >= 15 is 0 Å². The van der Waals surface area contributed by atoms with Crippen LogP contribution in [0.25, 0.3) is 0 Å². The second kappa shape index (κ2) is 3.45. The van der Waals surface area contributed by atoms with Crippen LogP contribution < -0.4 is 0 Å². The first-order chi connectivity index (χ1) is 6.38. The number of ketones is 1. The van der Waals surface area contributed by atoms with Crippen LogP contribution in [0, 0.1) is 0 Å². The van der Waals surface area contributed by atoms with E-state index in [1.54, 1.807) is 35.8 Å². The Kier molecular flexibility index (Phi) is 2.14. The van der Waals surface area contributed by atoms with Crippen molar-refractivity contribution in [1.82, 2.24) is 9.36 Å². The molecule has 2 aromatic heterocycles. The molecule has 2 heterocycles. The maximum absolute atomic E-state index is 11.6. The zero-order valence-corrected chi connectivity index (χ0v) is 7.49. The molecule has 0 N–H and O–H groups in total. The molecule has 2 aromatic rings. The van der Waals surface area contributed by atoms with Crippen LogP contribution in [0.1, 0.15) is 16.2 Å². The van der Waals surface area contributed by atoms with Gasteiger partial charge in [0.1, 0.15) is 11.4 Å². The maximum Gasteiger partial charge on any atom is 0.230 e. The molecule has 0 bridgehead atoms. The Labute approximate surface area is 79.2 Å². The molecule has 0 saturated carbocycles. The van der Waals surface area contributed by atoms with Gasteiger partial charge < -0.3 is 0 Å². The lowest BCUT2D eigenvalue weighted by Gasteiger charge is -1.93. The smallest absolute Gasteiger partial charge is 0.230 e. The van der Waals surface area contributed by atoms with Gasteiger partial charge in [0.05, 0.1) is 0 Å². The van der Waals surface area contributed by atoms with E-state index in [9.17, 15) is 4.79 Å². The molecule has 3 nitrogen and oxygen atoms in total. The highest BCUT2D eigenvalue weighted by Crippen LogP contribution is 2.06. The van der Waals surface area contributed by atoms with Crippen molar-refractivity contribution in [1.29, 1.82) is 0 Å². The summed E-state index contributed by atoms with van der Waals surface area (Å²) in [5.74, 6) is -0.123. The summed E-state index contributed by atoms with van der Waals surface area (Å²) in [6, 6.07) is 6.94. The standard InChI is InChI=1S/C9H6N2OS/c12-9(8-4-6-13-11-8)7-3-1-2-5-10-7/h1-6H. The molecule has 0 amide bonds. The van der Waals surface area contributed by atoms with E-state index < -0.39 is 0 Å². The first-order valence-corrected chi connectivity index (χ1v) is 4.58. The molecule has 0 spiro atoms. The number of nitrogens with zero attached hydrogens (tertiary/aromatic N) is 2. The van der Waals surface area contributed by atoms with Crippen molar-refractivity contribution in [2.24, 2.45) is 0 Å². The van der Waals surface area contributed by atoms with Gasteiger partial charge in [0.25, 0.3) is 0 Å². The quantitative estimate of drug-likeness (QED) is 0.678. The SMILES string of the molecule is O=C(c1ccccn1)c1ccsn1. The van der Waals surface area contributed by atoms with Gasteiger partial charge in [0.2, 0.25) is 5.78 Å². The molecule has 0 atom stereocenters. The largest absolute Gasteiger partial charge is 0.285 e. The second-order valence-corrected chi connectivity index (χ2v) is 3.09. The summed E-state index contributed by atoms with van der Waals surface area (Å²) in [7, 11) is 0. The zero-order chi connectivity index (χ0) is 9.10. The average molecular weight is 190 g/mol. The minimum atomic E-state index is -0.123. The van der Waals surface area contributed by atoms with Crippen LogP contribution in [-0.4, -0.2) is 15.1 Å². The lowest BCUT2D eigenvalue weighted by molar-refractivity contribution is 0.103. The first kappa shape index (κ1) is 8.07. The molecule has 4 heteroatoms. The fraction of sp³-hybridized carbons (Fsp3) is 0. The molecule has 0 aromatic carbocycles. The van der Waals surface area contributed by atoms with Gasteiger partial charge in [0.15, 0.2) is 0 Å². The van der Waals surface area contributed by atoms with Crippen molar-refractivity contribution in [2.75, 3.05) is 0 Å². The van der Waals surface area contributed by atoms with Gasteiger partial charge in [-0.3, -0.25) is 9.78 Å². The summed E-state index contributed by atoms with van der Waals surface area (Å²) in [6.07, 6.45) is 1.60. The van der Waals surface area contributed by atoms with E-state index in [0.29, 0.717) is 11.4 Å². The predicted molar refractivity (Wildman–Crippen MR) is 49.8 cm³/mol. The molecule has 64 valence electrons. The molecule has 2 rings (SSSR count). The van der Waals surface area contributed by atoms with Crippen LogP contribution in [0.15, 0.2) is 35.8 Å². The Bertz CT molecular complexity index is 397. The van der Waals surface area contributed by atoms with E-state index in [0.717, 1.165) is 0 Å². The van der Waals surface area contributed by atoms with Gasteiger partial charge in [0, 0.05) is 11.6 Å². The minimum absolute atomic E-state index is 0.123. The summed E-state index contributed by atoms with van der Waals surface area (Å²) < 4.78 is 3.94. The summed E-state index contributed by atoms with van der Waals surface area (Å²) in [5.41, 5.74) is 0.900. The van der Waals surface area contributed by atoms with Crippen LogP contribution in [0.3, 0.4) is 0 Å². The number of rotatable bonds is 2. The van der Waals surface area contributed by atoms with Gasteiger partial charge >= 0.3 is 0 Å². The van der Waals surface area contributed by atoms with E-state index in [2.05, 4.69) is 9.36 Å². The third kappa shape index (κ3) is 1.62. The topological polar surface area (TPSA) is 42.9 Å². The molecule has 0 radical (unpaired) electrons. The molecular weight excluding hydrogens is 184 g/mol. The van der Waals surface area contributed by atoms with Gasteiger partial charge in [-0.1, -0.05) is 6.07 Å². The third-order valence-electron chi connectivity index (χ3n) is 1.57. The Morgan fingerprint density at radius 1 is 1.23 bits per heavy atom. The molecular formula is C9H6N2OS. The molecule has 13 heavy (non-hydrogen) atoms.